The van der Waals surface area contributed by atoms with Gasteiger partial charge in [0.15, 0.2) is 0 Å². The van der Waals surface area contributed by atoms with E-state index in [9.17, 15) is 0 Å². The molecular weight excluding hydrogens is 614 g/mol. The molecule has 0 saturated carbocycles. The second kappa shape index (κ2) is 16.2. The predicted molar refractivity (Wildman–Crippen MR) is 219 cm³/mol. The van der Waals surface area contributed by atoms with Crippen LogP contribution < -0.4 is 37.7 Å². The zero-order chi connectivity index (χ0) is 36.8. The summed E-state index contributed by atoms with van der Waals surface area (Å²) in [6.07, 6.45) is 9.28. The molecule has 0 heterocycles. The Hall–Kier alpha value is -2.97. The third-order valence-electron chi connectivity index (χ3n) is 10.3. The van der Waals surface area contributed by atoms with Crippen LogP contribution in [0, 0.1) is 31.6 Å². The predicted octanol–water partition coefficient (Wildman–Crippen LogP) is 7.77. The van der Waals surface area contributed by atoms with Gasteiger partial charge in [-0.1, -0.05) is 230 Å². The van der Waals surface area contributed by atoms with Crippen molar-refractivity contribution in [2.75, 3.05) is 0 Å². The first-order chi connectivity index (χ1) is 23.1. The minimum Gasteiger partial charge on any atom is -0.144 e. The maximum atomic E-state index is 2.47. The summed E-state index contributed by atoms with van der Waals surface area (Å²) in [4.78, 5) is 0. The van der Waals surface area contributed by atoms with Gasteiger partial charge in [-0.3, -0.25) is 0 Å². The van der Waals surface area contributed by atoms with Crippen molar-refractivity contribution in [2.45, 2.75) is 113 Å². The average Bonchev–Trinajstić information content (AvgIpc) is 3.02. The maximum Gasteiger partial charge on any atom is 1.00 e. The monoisotopic (exact) mass is 675 g/mol. The Bertz CT molecular complexity index is 1860. The van der Waals surface area contributed by atoms with Crippen molar-refractivity contribution in [1.82, 2.24) is 0 Å². The van der Waals surface area contributed by atoms with Crippen molar-refractivity contribution < 1.29 is 37.7 Å². The van der Waals surface area contributed by atoms with Gasteiger partial charge in [0.1, 0.15) is 0 Å². The fourth-order valence-electron chi connectivity index (χ4n) is 6.89. The van der Waals surface area contributed by atoms with E-state index in [2.05, 4.69) is 207 Å². The number of allylic oxidation sites excluding steroid dienone is 5. The van der Waals surface area contributed by atoms with Crippen LogP contribution in [0.2, 0.25) is 0 Å². The molecule has 52 heavy (non-hydrogen) atoms. The van der Waals surface area contributed by atoms with Crippen molar-refractivity contribution in [3.8, 4) is 0 Å². The third-order valence-corrected chi connectivity index (χ3v) is 10.3. The molecule has 4 aromatic carbocycles. The van der Waals surface area contributed by atoms with Gasteiger partial charge >= 0.3 is 37.7 Å². The molecule has 0 spiro atoms. The van der Waals surface area contributed by atoms with Crippen molar-refractivity contribution >= 4 is 5.57 Å². The summed E-state index contributed by atoms with van der Waals surface area (Å²) in [5.41, 5.74) is 17.1. The molecule has 0 atom stereocenters. The minimum absolute atomic E-state index is 0. The first-order valence-electron chi connectivity index (χ1n) is 18.4. The van der Waals surface area contributed by atoms with E-state index < -0.39 is 0 Å². The summed E-state index contributed by atoms with van der Waals surface area (Å²) in [5, 5.41) is 0. The Morgan fingerprint density at radius 3 is 1.29 bits per heavy atom. The molecule has 0 aliphatic heterocycles. The van der Waals surface area contributed by atoms with Gasteiger partial charge in [-0.2, -0.15) is 0 Å². The molecule has 0 nitrogen and oxygen atoms in total. The Balaban J connectivity index is 0.00000364. The summed E-state index contributed by atoms with van der Waals surface area (Å²) in [6, 6.07) is 32.7. The summed E-state index contributed by atoms with van der Waals surface area (Å²) in [7, 11) is 0. The van der Waals surface area contributed by atoms with Crippen LogP contribution in [0.3, 0.4) is 0 Å². The van der Waals surface area contributed by atoms with Crippen LogP contribution in [0.1, 0.15) is 139 Å². The topological polar surface area (TPSA) is 0 Å². The number of hydrogen-bond donors (Lipinski definition) is 0. The second-order valence-corrected chi connectivity index (χ2v) is 18.5. The van der Waals surface area contributed by atoms with Gasteiger partial charge in [-0.05, 0) is 34.1 Å². The van der Waals surface area contributed by atoms with E-state index in [-0.39, 0.29) is 59.4 Å². The molecule has 0 aromatic heterocycles. The van der Waals surface area contributed by atoms with Gasteiger partial charge in [0.25, 0.3) is 0 Å². The van der Waals surface area contributed by atoms with Crippen molar-refractivity contribution in [1.29, 1.82) is 0 Å². The third kappa shape index (κ3) is 9.76. The molecule has 262 valence electrons. The molecular formula is C50H60Li2. The molecule has 1 aliphatic rings. The molecule has 0 radical (unpaired) electrons. The summed E-state index contributed by atoms with van der Waals surface area (Å²) < 4.78 is 0. The summed E-state index contributed by atoms with van der Waals surface area (Å²) in [6.45, 7) is 32.0. The fourth-order valence-corrected chi connectivity index (χ4v) is 6.89. The Kier molecular flexibility index (Phi) is 13.5. The van der Waals surface area contributed by atoms with Gasteiger partial charge < -0.3 is 0 Å². The largest absolute Gasteiger partial charge is 1.00 e. The summed E-state index contributed by atoms with van der Waals surface area (Å²) >= 11 is 0. The Labute approximate surface area is 342 Å². The SMILES string of the molecule is Cc1cc(C)c([C-](c2ccc(C(C)(C)C)cc2)c2ccc(C(C)(C)C)cc2)cc1/C(=C1\C=CC(C(C)(C)C)=C[CH-]1)c1ccc(C(C)(C)C)cc1.[Li+].[Li+]. The van der Waals surface area contributed by atoms with Crippen molar-refractivity contribution in [3.05, 3.63) is 182 Å². The summed E-state index contributed by atoms with van der Waals surface area (Å²) in [5.74, 6) is 1.27. The zero-order valence-corrected chi connectivity index (χ0v) is 35.4. The molecule has 4 aromatic rings. The Morgan fingerprint density at radius 1 is 0.500 bits per heavy atom. The van der Waals surface area contributed by atoms with E-state index in [1.165, 1.54) is 78.3 Å². The van der Waals surface area contributed by atoms with Crippen LogP contribution in [0.15, 0.2) is 114 Å². The first-order valence-corrected chi connectivity index (χ1v) is 18.4. The molecule has 0 fully saturated rings. The number of hydrogen-bond acceptors (Lipinski definition) is 0. The van der Waals surface area contributed by atoms with E-state index in [1.807, 2.05) is 0 Å². The molecule has 0 amide bonds. The number of rotatable bonds is 5. The first kappa shape index (κ1) is 43.4. The smallest absolute Gasteiger partial charge is 0.144 e. The van der Waals surface area contributed by atoms with Crippen LogP contribution in [0.5, 0.6) is 0 Å². The van der Waals surface area contributed by atoms with Gasteiger partial charge in [0, 0.05) is 0 Å². The van der Waals surface area contributed by atoms with E-state index in [0.717, 1.165) is 0 Å². The zero-order valence-electron chi connectivity index (χ0n) is 35.4. The van der Waals surface area contributed by atoms with Gasteiger partial charge in [-0.25, -0.2) is 0 Å². The molecule has 5 rings (SSSR count). The number of aryl methyl sites for hydroxylation is 2. The Morgan fingerprint density at radius 2 is 0.923 bits per heavy atom. The van der Waals surface area contributed by atoms with E-state index >= 15 is 0 Å². The van der Waals surface area contributed by atoms with Crippen LogP contribution in [-0.2, 0) is 16.2 Å². The minimum atomic E-state index is 0. The van der Waals surface area contributed by atoms with Crippen LogP contribution in [-0.4, -0.2) is 0 Å². The van der Waals surface area contributed by atoms with Crippen molar-refractivity contribution in [3.63, 3.8) is 0 Å². The van der Waals surface area contributed by atoms with Crippen LogP contribution in [0.25, 0.3) is 5.57 Å². The molecule has 0 bridgehead atoms. The van der Waals surface area contributed by atoms with Crippen LogP contribution >= 0.6 is 0 Å². The molecule has 1 aliphatic carbocycles. The van der Waals surface area contributed by atoms with Gasteiger partial charge in [0.2, 0.25) is 0 Å². The fraction of sp³-hybridized carbons (Fsp3) is 0.360. The molecule has 0 N–H and O–H groups in total. The molecule has 0 unspecified atom stereocenters. The number of benzene rings is 4. The van der Waals surface area contributed by atoms with Gasteiger partial charge in [0.05, 0.1) is 0 Å². The normalized spacial score (nSPS) is 14.5. The standard InChI is InChI=1S/C50H60.2Li/c1-33-31-34(2)44(46(37-19-27-41(28-20-37)49(9,10)11)38-21-29-42(30-22-38)50(12,13)14)32-43(33)45(35-15-23-39(24-16-35)47(3,4)5)36-17-25-40(26-18-36)48(6,7)8;;/h15-32H,1-14H3;;/q-2;2*+1. The van der Waals surface area contributed by atoms with Crippen LogP contribution in [0.4, 0.5) is 0 Å². The maximum absolute atomic E-state index is 2.47. The second-order valence-electron chi connectivity index (χ2n) is 18.5. The van der Waals surface area contributed by atoms with E-state index in [4.69, 9.17) is 0 Å². The molecule has 2 heteroatoms. The van der Waals surface area contributed by atoms with Gasteiger partial charge in [-0.15, -0.1) is 41.9 Å². The van der Waals surface area contributed by atoms with Crippen molar-refractivity contribution in [2.24, 2.45) is 5.41 Å². The quantitative estimate of drug-likeness (QED) is 0.115. The van der Waals surface area contributed by atoms with E-state index in [1.54, 1.807) is 0 Å². The van der Waals surface area contributed by atoms with E-state index in [0.29, 0.717) is 0 Å². The average molecular weight is 675 g/mol. The molecule has 0 saturated heterocycles.